The molecule has 0 N–H and O–H groups in total. The monoisotopic (exact) mass is 756 g/mol. The maximum Gasteiger partial charge on any atom is 0.321 e. The van der Waals surface area contributed by atoms with Gasteiger partial charge < -0.3 is 19.3 Å². The van der Waals surface area contributed by atoms with E-state index >= 15 is 9.59 Å². The summed E-state index contributed by atoms with van der Waals surface area (Å²) in [7, 11) is -4.66. The Morgan fingerprint density at radius 3 is 2.19 bits per heavy atom. The zero-order valence-electron chi connectivity index (χ0n) is 32.2. The molecule has 0 spiro atoms. The van der Waals surface area contributed by atoms with E-state index in [1.807, 2.05) is 13.8 Å². The van der Waals surface area contributed by atoms with Gasteiger partial charge in [-0.15, -0.1) is 0 Å². The predicted molar refractivity (Wildman–Crippen MR) is 206 cm³/mol. The van der Waals surface area contributed by atoms with Gasteiger partial charge >= 0.3 is 6.03 Å². The average Bonchev–Trinajstić information content (AvgIpc) is 3.43. The van der Waals surface area contributed by atoms with Crippen molar-refractivity contribution in [2.45, 2.75) is 89.7 Å². The lowest BCUT2D eigenvalue weighted by Crippen LogP contribution is -2.62. The molecule has 4 heterocycles. The molecule has 6 rings (SSSR count). The van der Waals surface area contributed by atoms with Crippen molar-refractivity contribution in [1.29, 1.82) is 5.26 Å². The van der Waals surface area contributed by atoms with E-state index in [0.29, 0.717) is 31.0 Å². The van der Waals surface area contributed by atoms with E-state index < -0.39 is 33.5 Å². The summed E-state index contributed by atoms with van der Waals surface area (Å²) in [6, 6.07) is 15.6. The van der Waals surface area contributed by atoms with Crippen LogP contribution in [0.4, 0.5) is 10.5 Å². The fourth-order valence-electron chi connectivity index (χ4n) is 8.63. The minimum atomic E-state index is -4.66. The Bertz CT molecular complexity index is 2000. The second-order valence-electron chi connectivity index (χ2n) is 14.8. The van der Waals surface area contributed by atoms with E-state index in [0.717, 1.165) is 43.1 Å². The lowest BCUT2D eigenvalue weighted by molar-refractivity contribution is -0.126. The van der Waals surface area contributed by atoms with E-state index in [4.69, 9.17) is 9.47 Å². The van der Waals surface area contributed by atoms with Gasteiger partial charge in [0.15, 0.2) is 5.54 Å². The summed E-state index contributed by atoms with van der Waals surface area (Å²) in [5.74, 6) is 0.361. The van der Waals surface area contributed by atoms with Crippen molar-refractivity contribution in [2.75, 3.05) is 43.7 Å². The van der Waals surface area contributed by atoms with E-state index in [2.05, 4.69) is 29.8 Å². The SMILES string of the molecule is CCOc1ccccc1S(=O)(=O)N1C(=O)C(c2cccnc2OCC)(N(C(=O)N2CCC(C3CCN(C(C)C)CC3)CC2)C(C)C)c2cc(C#N)ccc21. The minimum absolute atomic E-state index is 0.0292. The van der Waals surface area contributed by atoms with Crippen molar-refractivity contribution in [3.8, 4) is 17.7 Å². The number of aromatic nitrogens is 1. The van der Waals surface area contributed by atoms with Crippen molar-refractivity contribution in [3.05, 3.63) is 77.5 Å². The second kappa shape index (κ2) is 16.0. The normalized spacial score (nSPS) is 19.9. The van der Waals surface area contributed by atoms with E-state index in [-0.39, 0.29) is 52.1 Å². The lowest BCUT2D eigenvalue weighted by atomic mass is 9.78. The van der Waals surface area contributed by atoms with Crippen LogP contribution < -0.4 is 13.8 Å². The Morgan fingerprint density at radius 2 is 1.57 bits per heavy atom. The van der Waals surface area contributed by atoms with Crippen LogP contribution in [0.3, 0.4) is 0 Å². The van der Waals surface area contributed by atoms with Gasteiger partial charge in [-0.2, -0.15) is 9.57 Å². The van der Waals surface area contributed by atoms with Crippen LogP contribution in [0.1, 0.15) is 83.9 Å². The zero-order chi connectivity index (χ0) is 38.8. The number of carbonyl (C=O) groups is 2. The average molecular weight is 757 g/mol. The van der Waals surface area contributed by atoms with Crippen molar-refractivity contribution in [3.63, 3.8) is 0 Å². The highest BCUT2D eigenvalue weighted by Gasteiger charge is 2.63. The molecule has 0 radical (unpaired) electrons. The molecule has 0 bridgehead atoms. The Kier molecular flexibility index (Phi) is 11.5. The summed E-state index contributed by atoms with van der Waals surface area (Å²) in [5.41, 5.74) is -1.48. The van der Waals surface area contributed by atoms with E-state index in [1.54, 1.807) is 49.1 Å². The second-order valence-corrected chi connectivity index (χ2v) is 16.6. The molecule has 0 aliphatic carbocycles. The van der Waals surface area contributed by atoms with Crippen LogP contribution >= 0.6 is 0 Å². The van der Waals surface area contributed by atoms with Crippen molar-refractivity contribution in [1.82, 2.24) is 19.7 Å². The number of sulfonamides is 1. The van der Waals surface area contributed by atoms with Crippen LogP contribution in [0, 0.1) is 23.2 Å². The number of para-hydroxylation sites is 1. The molecule has 2 saturated heterocycles. The fraction of sp³-hybridized carbons (Fsp3) is 0.512. The number of hydrogen-bond donors (Lipinski definition) is 0. The molecule has 12 nitrogen and oxygen atoms in total. The number of nitrogens with zero attached hydrogens (tertiary/aromatic N) is 6. The van der Waals surface area contributed by atoms with Gasteiger partial charge in [0.2, 0.25) is 5.88 Å². The van der Waals surface area contributed by atoms with E-state index in [9.17, 15) is 13.7 Å². The summed E-state index contributed by atoms with van der Waals surface area (Å²) in [5, 5.41) is 10.1. The molecule has 0 saturated carbocycles. The first-order chi connectivity index (χ1) is 25.9. The molecule has 3 amide bonds. The van der Waals surface area contributed by atoms with Crippen LogP contribution in [-0.4, -0.2) is 91.5 Å². The number of anilines is 1. The number of nitriles is 1. The van der Waals surface area contributed by atoms with Gasteiger partial charge in [-0.25, -0.2) is 18.2 Å². The third-order valence-electron chi connectivity index (χ3n) is 11.2. The van der Waals surface area contributed by atoms with Crippen LogP contribution in [-0.2, 0) is 20.4 Å². The number of fused-ring (bicyclic) bond motifs is 1. The Balaban J connectivity index is 1.49. The number of rotatable bonds is 11. The molecule has 1 atom stereocenters. The van der Waals surface area contributed by atoms with Crippen molar-refractivity contribution in [2.24, 2.45) is 11.8 Å². The van der Waals surface area contributed by atoms with Gasteiger partial charge in [0.05, 0.1) is 36.1 Å². The van der Waals surface area contributed by atoms with Crippen LogP contribution in [0.25, 0.3) is 0 Å². The molecule has 3 aliphatic rings. The van der Waals surface area contributed by atoms with Crippen molar-refractivity contribution < 1.29 is 27.5 Å². The molecule has 1 unspecified atom stereocenters. The molecule has 2 fully saturated rings. The largest absolute Gasteiger partial charge is 0.492 e. The van der Waals surface area contributed by atoms with Crippen LogP contribution in [0.2, 0.25) is 0 Å². The van der Waals surface area contributed by atoms with Crippen molar-refractivity contribution >= 4 is 27.6 Å². The van der Waals surface area contributed by atoms with Gasteiger partial charge in [-0.05, 0) is 135 Å². The van der Waals surface area contributed by atoms with Gasteiger partial charge in [0, 0.05) is 36.9 Å². The first-order valence-corrected chi connectivity index (χ1v) is 20.6. The first-order valence-electron chi connectivity index (χ1n) is 19.2. The highest BCUT2D eigenvalue weighted by molar-refractivity contribution is 7.93. The minimum Gasteiger partial charge on any atom is -0.492 e. The standard InChI is InChI=1S/C41H52N6O6S/c1-7-52-36-13-9-10-14-37(36)54(50,51)47-35-16-15-30(27-42)26-34(35)41(39(47)48,33-12-11-21-43-38(33)53-8-2)46(29(5)6)40(49)45-24-19-32(20-25-45)31-17-22-44(23-18-31)28(3)4/h9-16,21,26,28-29,31-32H,7-8,17-20,22-25H2,1-6H3. The maximum atomic E-state index is 15.7. The Hall–Kier alpha value is -4.67. The molecular weight excluding hydrogens is 705 g/mol. The molecule has 2 aromatic carbocycles. The number of ether oxygens (including phenoxy) is 2. The number of hydrogen-bond acceptors (Lipinski definition) is 9. The van der Waals surface area contributed by atoms with Crippen LogP contribution in [0.15, 0.2) is 65.7 Å². The summed E-state index contributed by atoms with van der Waals surface area (Å²) in [4.78, 5) is 41.1. The smallest absolute Gasteiger partial charge is 0.321 e. The highest BCUT2D eigenvalue weighted by Crippen LogP contribution is 2.54. The summed E-state index contributed by atoms with van der Waals surface area (Å²) in [6.45, 7) is 15.2. The van der Waals surface area contributed by atoms with Gasteiger partial charge in [-0.3, -0.25) is 9.69 Å². The fourth-order valence-corrected chi connectivity index (χ4v) is 10.2. The molecule has 288 valence electrons. The number of amides is 3. The lowest BCUT2D eigenvalue weighted by Gasteiger charge is -2.47. The summed E-state index contributed by atoms with van der Waals surface area (Å²) in [6.07, 6.45) is 5.49. The molecule has 3 aromatic rings. The Labute approximate surface area is 319 Å². The molecule has 54 heavy (non-hydrogen) atoms. The number of urea groups is 1. The zero-order valence-corrected chi connectivity index (χ0v) is 33.0. The molecule has 13 heteroatoms. The third kappa shape index (κ3) is 6.79. The van der Waals surface area contributed by atoms with Gasteiger partial charge in [0.25, 0.3) is 15.9 Å². The molecular formula is C41H52N6O6S. The highest BCUT2D eigenvalue weighted by atomic mass is 32.2. The maximum absolute atomic E-state index is 15.7. The molecule has 3 aliphatic heterocycles. The predicted octanol–water partition coefficient (Wildman–Crippen LogP) is 6.39. The number of benzene rings is 2. The molecule has 1 aromatic heterocycles. The number of likely N-dealkylation sites (tertiary alicyclic amines) is 2. The number of piperidine rings is 2. The number of pyridine rings is 1. The summed E-state index contributed by atoms with van der Waals surface area (Å²) >= 11 is 0. The van der Waals surface area contributed by atoms with Gasteiger partial charge in [0.1, 0.15) is 10.6 Å². The topological polar surface area (TPSA) is 136 Å². The number of carbonyl (C=O) groups excluding carboxylic acids is 2. The third-order valence-corrected chi connectivity index (χ3v) is 12.9. The van der Waals surface area contributed by atoms with E-state index in [1.165, 1.54) is 35.4 Å². The first kappa shape index (κ1) is 39.0. The van der Waals surface area contributed by atoms with Gasteiger partial charge in [-0.1, -0.05) is 12.1 Å². The van der Waals surface area contributed by atoms with Crippen LogP contribution in [0.5, 0.6) is 11.6 Å². The summed E-state index contributed by atoms with van der Waals surface area (Å²) < 4.78 is 42.3. The quantitative estimate of drug-likeness (QED) is 0.218. The Morgan fingerprint density at radius 1 is 0.926 bits per heavy atom.